The normalized spacial score (nSPS) is 18.1. The lowest BCUT2D eigenvalue weighted by molar-refractivity contribution is -0.147. The van der Waals surface area contributed by atoms with Crippen LogP contribution < -0.4 is 9.47 Å². The number of aromatic nitrogens is 4. The third-order valence-corrected chi connectivity index (χ3v) is 11.7. The Bertz CT molecular complexity index is 2100. The summed E-state index contributed by atoms with van der Waals surface area (Å²) in [4.78, 5) is 17.0. The lowest BCUT2D eigenvalue weighted by Gasteiger charge is -2.38. The SMILES string of the molecule is Cc1ccc([C@H](c2ccn3c(C(F)(F)F)nnc3c2C)C(C)(C)C(=O)O)cc1CN1CC2(CCOCC2)Oc2nc(OCCCO)ccc2S1(=O)=O. The first-order valence-electron chi connectivity index (χ1n) is 16.7. The highest BCUT2D eigenvalue weighted by Gasteiger charge is 2.46. The van der Waals surface area contributed by atoms with E-state index in [2.05, 4.69) is 15.2 Å². The largest absolute Gasteiger partial charge is 0.481 e. The number of halogens is 3. The molecule has 6 rings (SSSR count). The van der Waals surface area contributed by atoms with Gasteiger partial charge in [0.2, 0.25) is 27.6 Å². The van der Waals surface area contributed by atoms with Gasteiger partial charge in [-0.1, -0.05) is 18.2 Å². The zero-order chi connectivity index (χ0) is 37.6. The van der Waals surface area contributed by atoms with Crippen LogP contribution >= 0.6 is 0 Å². The fraction of sp³-hybridized carbons (Fsp3) is 0.486. The van der Waals surface area contributed by atoms with Crippen LogP contribution in [0.2, 0.25) is 0 Å². The molecule has 2 aliphatic heterocycles. The molecule has 4 aromatic rings. The minimum absolute atomic E-state index is 0.0202. The summed E-state index contributed by atoms with van der Waals surface area (Å²) < 4.78 is 89.6. The molecule has 0 unspecified atom stereocenters. The molecule has 0 saturated carbocycles. The molecule has 1 aromatic carbocycles. The highest BCUT2D eigenvalue weighted by Crippen LogP contribution is 2.45. The van der Waals surface area contributed by atoms with Crippen molar-refractivity contribution in [1.29, 1.82) is 0 Å². The number of aliphatic hydroxyl groups is 1. The Balaban J connectivity index is 1.43. The maximum atomic E-state index is 14.4. The predicted molar refractivity (Wildman–Crippen MR) is 180 cm³/mol. The van der Waals surface area contributed by atoms with Gasteiger partial charge < -0.3 is 24.4 Å². The number of benzene rings is 1. The number of carbonyl (C=O) groups is 1. The van der Waals surface area contributed by atoms with Crippen molar-refractivity contribution in [3.63, 3.8) is 0 Å². The Morgan fingerprint density at radius 3 is 2.50 bits per heavy atom. The van der Waals surface area contributed by atoms with Crippen molar-refractivity contribution in [2.45, 2.75) is 76.1 Å². The first-order chi connectivity index (χ1) is 24.5. The van der Waals surface area contributed by atoms with Gasteiger partial charge in [-0.15, -0.1) is 10.2 Å². The van der Waals surface area contributed by atoms with Crippen LogP contribution in [0.15, 0.2) is 47.5 Å². The third kappa shape index (κ3) is 6.93. The van der Waals surface area contributed by atoms with E-state index in [0.29, 0.717) is 54.7 Å². The number of hydrogen-bond donors (Lipinski definition) is 2. The van der Waals surface area contributed by atoms with Crippen LogP contribution in [-0.2, 0) is 32.3 Å². The van der Waals surface area contributed by atoms with Gasteiger partial charge >= 0.3 is 12.1 Å². The van der Waals surface area contributed by atoms with E-state index >= 15 is 0 Å². The van der Waals surface area contributed by atoms with Gasteiger partial charge in [0, 0.05) is 50.6 Å². The second kappa shape index (κ2) is 13.9. The first kappa shape index (κ1) is 37.4. The predicted octanol–water partition coefficient (Wildman–Crippen LogP) is 4.90. The number of carboxylic acid groups (broad SMARTS) is 1. The molecule has 2 N–H and O–H groups in total. The van der Waals surface area contributed by atoms with Crippen LogP contribution in [0.4, 0.5) is 13.2 Å². The number of sulfonamides is 1. The van der Waals surface area contributed by atoms with Crippen LogP contribution in [0, 0.1) is 19.3 Å². The third-order valence-electron chi connectivity index (χ3n) is 9.91. The van der Waals surface area contributed by atoms with Crippen LogP contribution in [0.1, 0.15) is 72.7 Å². The zero-order valence-electron chi connectivity index (χ0n) is 29.1. The number of alkyl halides is 3. The van der Waals surface area contributed by atoms with E-state index in [4.69, 9.17) is 19.3 Å². The summed E-state index contributed by atoms with van der Waals surface area (Å²) in [5.41, 5.74) is 0.111. The second-order valence-corrected chi connectivity index (χ2v) is 15.7. The van der Waals surface area contributed by atoms with E-state index in [0.717, 1.165) is 9.96 Å². The average Bonchev–Trinajstić information content (AvgIpc) is 3.50. The molecule has 0 radical (unpaired) electrons. The van der Waals surface area contributed by atoms with Crippen molar-refractivity contribution in [3.8, 4) is 11.8 Å². The maximum absolute atomic E-state index is 14.4. The van der Waals surface area contributed by atoms with Crippen molar-refractivity contribution in [2.75, 3.05) is 33.0 Å². The lowest BCUT2D eigenvalue weighted by atomic mass is 9.70. The minimum Gasteiger partial charge on any atom is -0.481 e. The number of carboxylic acids is 1. The number of ether oxygens (including phenoxy) is 3. The molecule has 3 aromatic heterocycles. The maximum Gasteiger partial charge on any atom is 0.452 e. The molecule has 1 saturated heterocycles. The van der Waals surface area contributed by atoms with Crippen LogP contribution in [-0.4, -0.2) is 87.1 Å². The number of aryl methyl sites for hydroxylation is 2. The summed E-state index contributed by atoms with van der Waals surface area (Å²) in [7, 11) is -4.21. The van der Waals surface area contributed by atoms with Crippen molar-refractivity contribution in [1.82, 2.24) is 23.9 Å². The van der Waals surface area contributed by atoms with Crippen molar-refractivity contribution in [2.24, 2.45) is 5.41 Å². The second-order valence-electron chi connectivity index (χ2n) is 13.8. The topological polar surface area (TPSA) is 166 Å². The number of rotatable bonds is 10. The first-order valence-corrected chi connectivity index (χ1v) is 18.2. The quantitative estimate of drug-likeness (QED) is 0.212. The number of aliphatic hydroxyl groups excluding tert-OH is 1. The molecule has 1 spiro atoms. The molecule has 1 atom stereocenters. The van der Waals surface area contributed by atoms with Gasteiger partial charge in [0.05, 0.1) is 31.8 Å². The molecule has 52 heavy (non-hydrogen) atoms. The fourth-order valence-electron chi connectivity index (χ4n) is 6.87. The molecular weight excluding hydrogens is 707 g/mol. The Labute approximate surface area is 298 Å². The Hall–Kier alpha value is -4.32. The summed E-state index contributed by atoms with van der Waals surface area (Å²) in [5.74, 6) is -3.17. The highest BCUT2D eigenvalue weighted by molar-refractivity contribution is 7.89. The van der Waals surface area contributed by atoms with E-state index in [-0.39, 0.29) is 48.6 Å². The molecule has 280 valence electrons. The molecule has 5 heterocycles. The number of pyridine rings is 2. The molecule has 17 heteroatoms. The number of fused-ring (bicyclic) bond motifs is 2. The van der Waals surface area contributed by atoms with E-state index in [9.17, 15) is 31.5 Å². The summed E-state index contributed by atoms with van der Waals surface area (Å²) in [5, 5.41) is 26.7. The Morgan fingerprint density at radius 1 is 1.10 bits per heavy atom. The van der Waals surface area contributed by atoms with E-state index in [1.807, 2.05) is 6.92 Å². The monoisotopic (exact) mass is 747 g/mol. The number of hydrogen-bond acceptors (Lipinski definition) is 10. The molecular formula is C35H40F3N5O8S. The number of nitrogens with zero attached hydrogens (tertiary/aromatic N) is 5. The molecule has 2 aliphatic rings. The zero-order valence-corrected chi connectivity index (χ0v) is 29.9. The minimum atomic E-state index is -4.76. The van der Waals surface area contributed by atoms with E-state index < -0.39 is 44.9 Å². The van der Waals surface area contributed by atoms with Crippen LogP contribution in [0.5, 0.6) is 11.8 Å². The standard InChI is InChI=1S/C35H40F3N5O8S/c1-21-6-7-23(28(33(3,4)32(45)46)25-10-13-43-29(22(25)2)40-41-31(43)35(36,37)38)18-24(21)19-42-20-34(11-16-49-17-12-34)51-30-26(52(42,47)48)8-9-27(39-30)50-15-5-14-44/h6-10,13,18,28,44H,5,11-12,14-17,19-20H2,1-4H3,(H,45,46)/t28-/m1/s1. The van der Waals surface area contributed by atoms with Crippen molar-refractivity contribution >= 4 is 21.6 Å². The van der Waals surface area contributed by atoms with Gasteiger partial charge in [-0.2, -0.15) is 22.5 Å². The van der Waals surface area contributed by atoms with E-state index in [1.54, 1.807) is 25.1 Å². The molecule has 0 amide bonds. The summed E-state index contributed by atoms with van der Waals surface area (Å²) >= 11 is 0. The van der Waals surface area contributed by atoms with Gasteiger partial charge in [0.25, 0.3) is 0 Å². The van der Waals surface area contributed by atoms with Crippen LogP contribution in [0.25, 0.3) is 5.65 Å². The average molecular weight is 748 g/mol. The summed E-state index contributed by atoms with van der Waals surface area (Å²) in [6, 6.07) is 9.56. The van der Waals surface area contributed by atoms with Gasteiger partial charge in [-0.3, -0.25) is 9.20 Å². The van der Waals surface area contributed by atoms with Gasteiger partial charge in [0.15, 0.2) is 5.65 Å². The van der Waals surface area contributed by atoms with Gasteiger partial charge in [-0.25, -0.2) is 8.42 Å². The molecule has 13 nitrogen and oxygen atoms in total. The van der Waals surface area contributed by atoms with E-state index in [1.165, 1.54) is 42.5 Å². The Morgan fingerprint density at radius 2 is 1.83 bits per heavy atom. The smallest absolute Gasteiger partial charge is 0.452 e. The van der Waals surface area contributed by atoms with Crippen LogP contribution in [0.3, 0.4) is 0 Å². The highest BCUT2D eigenvalue weighted by atomic mass is 32.2. The van der Waals surface area contributed by atoms with Gasteiger partial charge in [0.1, 0.15) is 10.5 Å². The molecule has 0 aliphatic carbocycles. The lowest BCUT2D eigenvalue weighted by Crippen LogP contribution is -2.50. The number of aliphatic carboxylic acids is 1. The summed E-state index contributed by atoms with van der Waals surface area (Å²) in [6.45, 7) is 7.13. The van der Waals surface area contributed by atoms with Crippen molar-refractivity contribution < 1.29 is 50.8 Å². The Kier molecular flexibility index (Phi) is 10.0. The fourth-order valence-corrected chi connectivity index (χ4v) is 8.41. The summed E-state index contributed by atoms with van der Waals surface area (Å²) in [6.07, 6.45) is -2.42. The molecule has 0 bridgehead atoms. The van der Waals surface area contributed by atoms with Gasteiger partial charge in [-0.05, 0) is 67.6 Å². The van der Waals surface area contributed by atoms with Crippen molar-refractivity contribution in [3.05, 3.63) is 76.2 Å². The molecule has 1 fully saturated rings.